The van der Waals surface area contributed by atoms with Crippen LogP contribution in [0.2, 0.25) is 0 Å². The first-order valence-electron chi connectivity index (χ1n) is 13.2. The van der Waals surface area contributed by atoms with E-state index in [9.17, 15) is 0 Å². The highest BCUT2D eigenvalue weighted by Gasteiger charge is 2.35. The van der Waals surface area contributed by atoms with Crippen LogP contribution in [0.1, 0.15) is 25.0 Å². The van der Waals surface area contributed by atoms with Crippen LogP contribution in [0, 0.1) is 12.1 Å². The van der Waals surface area contributed by atoms with E-state index in [1.54, 1.807) is 0 Å². The van der Waals surface area contributed by atoms with Crippen molar-refractivity contribution in [3.63, 3.8) is 0 Å². The molecule has 1 nitrogen and oxygen atoms in total. The van der Waals surface area contributed by atoms with Crippen molar-refractivity contribution in [3.05, 3.63) is 139 Å². The van der Waals surface area contributed by atoms with E-state index in [-0.39, 0.29) is 5.41 Å². The number of benzene rings is 5. The molecule has 178 valence electrons. The Morgan fingerprint density at radius 1 is 0.632 bits per heavy atom. The van der Waals surface area contributed by atoms with Gasteiger partial charge in [-0.05, 0) is 68.9 Å². The highest BCUT2D eigenvalue weighted by Crippen LogP contribution is 2.47. The van der Waals surface area contributed by atoms with Gasteiger partial charge in [-0.1, -0.05) is 111 Å². The van der Waals surface area contributed by atoms with Crippen molar-refractivity contribution in [2.24, 2.45) is 0 Å². The lowest BCUT2D eigenvalue weighted by molar-refractivity contribution is 0.630. The molecule has 7 aromatic rings. The van der Waals surface area contributed by atoms with E-state index in [4.69, 9.17) is 0 Å². The van der Waals surface area contributed by atoms with Gasteiger partial charge in [0, 0.05) is 21.8 Å². The van der Waals surface area contributed by atoms with Crippen LogP contribution in [0.5, 0.6) is 0 Å². The summed E-state index contributed by atoms with van der Waals surface area (Å²) < 4.78 is 2.43. The molecule has 0 saturated heterocycles. The minimum atomic E-state index is -0.132. The molecule has 0 spiro atoms. The number of aromatic nitrogens is 1. The van der Waals surface area contributed by atoms with Gasteiger partial charge in [0.1, 0.15) is 0 Å². The van der Waals surface area contributed by atoms with Crippen molar-refractivity contribution in [3.8, 4) is 27.9 Å². The van der Waals surface area contributed by atoms with Crippen molar-refractivity contribution in [2.75, 3.05) is 0 Å². The summed E-state index contributed by atoms with van der Waals surface area (Å²) in [6.07, 6.45) is 0. The molecule has 0 amide bonds. The Balaban J connectivity index is 1.36. The summed E-state index contributed by atoms with van der Waals surface area (Å²) in [5, 5.41) is 5.14. The standard InChI is InChI=1S/C37H25N/c1-37(2)32-17-5-6-19-35(32)38-34-21-20-26(23-31(34)30-16-9-18-33(37)36(30)38)25-12-7-13-27(22-25)29-15-8-11-24-10-3-4-14-28(24)29/h3-4,6-16,18-23H,1-2H3. The molecule has 0 N–H and O–H groups in total. The summed E-state index contributed by atoms with van der Waals surface area (Å²) in [5.41, 5.74) is 11.1. The fourth-order valence-electron chi connectivity index (χ4n) is 6.53. The first-order valence-corrected chi connectivity index (χ1v) is 13.2. The summed E-state index contributed by atoms with van der Waals surface area (Å²) in [7, 11) is 0. The van der Waals surface area contributed by atoms with Crippen LogP contribution in [0.3, 0.4) is 0 Å². The van der Waals surface area contributed by atoms with Crippen LogP contribution in [0.4, 0.5) is 0 Å². The largest absolute Gasteiger partial charge is 0.308 e. The first-order chi connectivity index (χ1) is 18.6. The smallest absolute Gasteiger partial charge is 0.0593 e. The Bertz CT molecular complexity index is 2050. The molecule has 0 bridgehead atoms. The molecule has 0 unspecified atom stereocenters. The van der Waals surface area contributed by atoms with E-state index in [1.165, 1.54) is 71.6 Å². The Morgan fingerprint density at radius 2 is 1.39 bits per heavy atom. The van der Waals surface area contributed by atoms with E-state index >= 15 is 0 Å². The van der Waals surface area contributed by atoms with Crippen molar-refractivity contribution in [2.45, 2.75) is 19.3 Å². The molecule has 1 aliphatic heterocycles. The number of hydrogen-bond acceptors (Lipinski definition) is 0. The summed E-state index contributed by atoms with van der Waals surface area (Å²) in [4.78, 5) is 0. The maximum absolute atomic E-state index is 3.44. The van der Waals surface area contributed by atoms with E-state index < -0.39 is 0 Å². The highest BCUT2D eigenvalue weighted by atomic mass is 15.0. The third-order valence-electron chi connectivity index (χ3n) is 8.40. The summed E-state index contributed by atoms with van der Waals surface area (Å²) in [6.45, 7) is 4.60. The molecule has 0 aliphatic carbocycles. The zero-order chi connectivity index (χ0) is 25.4. The quantitative estimate of drug-likeness (QED) is 0.231. The molecule has 0 fully saturated rings. The van der Waals surface area contributed by atoms with Crippen molar-refractivity contribution >= 4 is 32.6 Å². The average Bonchev–Trinajstić information content (AvgIpc) is 3.30. The van der Waals surface area contributed by atoms with E-state index in [0.717, 1.165) is 0 Å². The lowest BCUT2D eigenvalue weighted by Gasteiger charge is -2.33. The molecule has 0 atom stereocenters. The maximum atomic E-state index is 3.44. The normalized spacial score (nSPS) is 13.5. The molecule has 1 heteroatoms. The molecule has 0 radical (unpaired) electrons. The van der Waals surface area contributed by atoms with Crippen LogP contribution in [-0.4, -0.2) is 4.57 Å². The van der Waals surface area contributed by atoms with Crippen molar-refractivity contribution in [1.29, 1.82) is 0 Å². The summed E-state index contributed by atoms with van der Waals surface area (Å²) in [5.74, 6) is 0. The second-order valence-corrected chi connectivity index (χ2v) is 10.9. The van der Waals surface area contributed by atoms with Gasteiger partial charge < -0.3 is 4.57 Å². The lowest BCUT2D eigenvalue weighted by Crippen LogP contribution is -2.25. The molecule has 6 aromatic carbocycles. The van der Waals surface area contributed by atoms with Gasteiger partial charge in [-0.25, -0.2) is 0 Å². The zero-order valence-electron chi connectivity index (χ0n) is 21.4. The summed E-state index contributed by atoms with van der Waals surface area (Å²) >= 11 is 0. The molecule has 1 aromatic heterocycles. The molecule has 1 aliphatic rings. The zero-order valence-corrected chi connectivity index (χ0v) is 21.4. The van der Waals surface area contributed by atoms with Gasteiger partial charge in [-0.15, -0.1) is 0 Å². The molecular formula is C37H25N. The van der Waals surface area contributed by atoms with Gasteiger partial charge in [0.25, 0.3) is 0 Å². The minimum Gasteiger partial charge on any atom is -0.308 e. The summed E-state index contributed by atoms with van der Waals surface area (Å²) in [6, 6.07) is 48.6. The fraction of sp³-hybridized carbons (Fsp3) is 0.0811. The maximum Gasteiger partial charge on any atom is 0.0593 e. The second kappa shape index (κ2) is 7.60. The molecular weight excluding hydrogens is 458 g/mol. The van der Waals surface area contributed by atoms with Gasteiger partial charge in [0.15, 0.2) is 0 Å². The second-order valence-electron chi connectivity index (χ2n) is 10.9. The van der Waals surface area contributed by atoms with E-state index in [0.29, 0.717) is 0 Å². The van der Waals surface area contributed by atoms with E-state index in [2.05, 4.69) is 140 Å². The molecule has 8 rings (SSSR count). The number of rotatable bonds is 2. The third-order valence-corrected chi connectivity index (χ3v) is 8.40. The molecule has 0 saturated carbocycles. The Kier molecular flexibility index (Phi) is 4.26. The molecule has 2 heterocycles. The SMILES string of the molecule is CC1(C)c2c#cccc2-n2c3ccc(-c4cccc(-c5cccc6ccccc56)c4)cc3c3cccc1c32. The van der Waals surface area contributed by atoms with Gasteiger partial charge in [-0.3, -0.25) is 0 Å². The Morgan fingerprint density at radius 3 is 2.34 bits per heavy atom. The van der Waals surface area contributed by atoms with Gasteiger partial charge in [0.05, 0.1) is 16.7 Å². The topological polar surface area (TPSA) is 4.93 Å². The third kappa shape index (κ3) is 2.83. The Hall–Kier alpha value is -4.80. The Labute approximate surface area is 222 Å². The number of hydrogen-bond donors (Lipinski definition) is 0. The van der Waals surface area contributed by atoms with Crippen LogP contribution in [-0.2, 0) is 5.41 Å². The minimum absolute atomic E-state index is 0.132. The van der Waals surface area contributed by atoms with Crippen LogP contribution < -0.4 is 0 Å². The van der Waals surface area contributed by atoms with Crippen LogP contribution in [0.25, 0.3) is 60.5 Å². The van der Waals surface area contributed by atoms with Crippen molar-refractivity contribution < 1.29 is 0 Å². The van der Waals surface area contributed by atoms with Crippen molar-refractivity contribution in [1.82, 2.24) is 4.57 Å². The molecule has 38 heavy (non-hydrogen) atoms. The van der Waals surface area contributed by atoms with Crippen LogP contribution >= 0.6 is 0 Å². The van der Waals surface area contributed by atoms with Gasteiger partial charge in [-0.2, -0.15) is 0 Å². The predicted octanol–water partition coefficient (Wildman–Crippen LogP) is 9.51. The highest BCUT2D eigenvalue weighted by molar-refractivity contribution is 6.12. The monoisotopic (exact) mass is 483 g/mol. The number of nitrogens with zero attached hydrogens (tertiary/aromatic N) is 1. The average molecular weight is 484 g/mol. The van der Waals surface area contributed by atoms with E-state index in [1.807, 2.05) is 6.07 Å². The lowest BCUT2D eigenvalue weighted by atomic mass is 9.75. The van der Waals surface area contributed by atoms with Gasteiger partial charge >= 0.3 is 0 Å². The van der Waals surface area contributed by atoms with Crippen LogP contribution in [0.15, 0.2) is 115 Å². The first kappa shape index (κ1) is 21.3. The fourth-order valence-corrected chi connectivity index (χ4v) is 6.53. The predicted molar refractivity (Wildman–Crippen MR) is 159 cm³/mol. The number of fused-ring (bicyclic) bond motifs is 6. The number of para-hydroxylation sites is 1. The van der Waals surface area contributed by atoms with Gasteiger partial charge in [0.2, 0.25) is 0 Å².